The van der Waals surface area contributed by atoms with Gasteiger partial charge in [-0.25, -0.2) is 8.42 Å². The molecule has 0 saturated heterocycles. The van der Waals surface area contributed by atoms with Crippen LogP contribution in [-0.4, -0.2) is 14.2 Å². The van der Waals surface area contributed by atoms with Crippen molar-refractivity contribution in [3.05, 3.63) is 12.0 Å². The molecule has 3 heteroatoms. The van der Waals surface area contributed by atoms with Crippen LogP contribution in [0.4, 0.5) is 0 Å². The summed E-state index contributed by atoms with van der Waals surface area (Å²) in [5.41, 5.74) is 0. The van der Waals surface area contributed by atoms with Crippen LogP contribution in [0.15, 0.2) is 12.0 Å². The minimum absolute atomic E-state index is 0.345. The number of fused-ring (bicyclic) bond motifs is 2. The van der Waals surface area contributed by atoms with Crippen molar-refractivity contribution in [1.82, 2.24) is 0 Å². The van der Waals surface area contributed by atoms with Gasteiger partial charge in [-0.15, -0.1) is 0 Å². The molecule has 0 aromatic carbocycles. The van der Waals surface area contributed by atoms with Gasteiger partial charge < -0.3 is 0 Å². The third kappa shape index (κ3) is 1.80. The van der Waals surface area contributed by atoms with Gasteiger partial charge in [0.05, 0.1) is 5.75 Å². The molecule has 2 fully saturated rings. The lowest BCUT2D eigenvalue weighted by molar-refractivity contribution is 0.361. The van der Waals surface area contributed by atoms with Crippen LogP contribution >= 0.6 is 0 Å². The highest BCUT2D eigenvalue weighted by Crippen LogP contribution is 2.48. The highest BCUT2D eigenvalue weighted by Gasteiger charge is 2.40. The van der Waals surface area contributed by atoms with Gasteiger partial charge >= 0.3 is 0 Å². The van der Waals surface area contributed by atoms with Gasteiger partial charge in [0.25, 0.3) is 0 Å². The molecule has 2 nitrogen and oxygen atoms in total. The van der Waals surface area contributed by atoms with Crippen molar-refractivity contribution in [3.8, 4) is 0 Å². The third-order valence-electron chi connectivity index (χ3n) is 3.58. The fraction of sp³-hybridized carbons (Fsp3) is 0.800. The van der Waals surface area contributed by atoms with Crippen LogP contribution in [0.3, 0.4) is 0 Å². The van der Waals surface area contributed by atoms with Crippen LogP contribution in [0.5, 0.6) is 0 Å². The van der Waals surface area contributed by atoms with E-state index in [0.29, 0.717) is 17.6 Å². The molecule has 2 rings (SSSR count). The van der Waals surface area contributed by atoms with Gasteiger partial charge in [-0.1, -0.05) is 13.0 Å². The Labute approximate surface area is 79.9 Å². The highest BCUT2D eigenvalue weighted by atomic mass is 32.2. The summed E-state index contributed by atoms with van der Waals surface area (Å²) < 4.78 is 22.6. The molecule has 0 spiro atoms. The van der Waals surface area contributed by atoms with Crippen LogP contribution in [0.1, 0.15) is 25.7 Å². The van der Waals surface area contributed by atoms with Crippen LogP contribution in [-0.2, 0) is 9.84 Å². The molecule has 0 aromatic rings. The van der Waals surface area contributed by atoms with E-state index in [1.54, 1.807) is 0 Å². The summed E-state index contributed by atoms with van der Waals surface area (Å²) >= 11 is 0. The average Bonchev–Trinajstić information content (AvgIpc) is 2.64. The lowest BCUT2D eigenvalue weighted by Gasteiger charge is -2.20. The van der Waals surface area contributed by atoms with E-state index in [4.69, 9.17) is 0 Å². The van der Waals surface area contributed by atoms with E-state index in [2.05, 4.69) is 6.58 Å². The Morgan fingerprint density at radius 3 is 2.54 bits per heavy atom. The lowest BCUT2D eigenvalue weighted by atomic mass is 9.90. The topological polar surface area (TPSA) is 34.1 Å². The Kier molecular flexibility index (Phi) is 2.22. The van der Waals surface area contributed by atoms with Crippen LogP contribution < -0.4 is 0 Å². The number of sulfone groups is 1. The molecule has 0 N–H and O–H groups in total. The first-order valence-corrected chi connectivity index (χ1v) is 6.67. The fourth-order valence-corrected chi connectivity index (χ4v) is 4.09. The summed E-state index contributed by atoms with van der Waals surface area (Å²) in [5.74, 6) is 2.30. The average molecular weight is 200 g/mol. The minimum atomic E-state index is -2.96. The predicted molar refractivity (Wildman–Crippen MR) is 52.9 cm³/mol. The number of hydrogen-bond donors (Lipinski definition) is 0. The van der Waals surface area contributed by atoms with Gasteiger partial charge in [-0.3, -0.25) is 0 Å². The maximum absolute atomic E-state index is 11.3. The fourth-order valence-electron chi connectivity index (χ4n) is 2.95. The second-order valence-electron chi connectivity index (χ2n) is 4.43. The SMILES string of the molecule is C=CS(=O)(=O)CC1CC2CCC1C2. The molecule has 0 aromatic heterocycles. The van der Waals surface area contributed by atoms with E-state index >= 15 is 0 Å². The molecule has 0 radical (unpaired) electrons. The molecule has 3 atom stereocenters. The summed E-state index contributed by atoms with van der Waals surface area (Å²) in [4.78, 5) is 0. The smallest absolute Gasteiger partial charge is 0.171 e. The van der Waals surface area contributed by atoms with Gasteiger partial charge in [0, 0.05) is 5.41 Å². The molecule has 2 bridgehead atoms. The van der Waals surface area contributed by atoms with Crippen LogP contribution in [0, 0.1) is 17.8 Å². The summed E-state index contributed by atoms with van der Waals surface area (Å²) in [6.45, 7) is 3.35. The molecule has 2 aliphatic carbocycles. The van der Waals surface area contributed by atoms with Crippen LogP contribution in [0.25, 0.3) is 0 Å². The lowest BCUT2D eigenvalue weighted by Crippen LogP contribution is -2.19. The van der Waals surface area contributed by atoms with E-state index in [-0.39, 0.29) is 0 Å². The second-order valence-corrected chi connectivity index (χ2v) is 6.42. The Balaban J connectivity index is 2.01. The predicted octanol–water partition coefficient (Wildman–Crippen LogP) is 1.98. The summed E-state index contributed by atoms with van der Waals surface area (Å²) in [5, 5.41) is 1.11. The van der Waals surface area contributed by atoms with Crippen molar-refractivity contribution in [2.75, 3.05) is 5.75 Å². The zero-order valence-corrected chi connectivity index (χ0v) is 8.59. The van der Waals surface area contributed by atoms with Gasteiger partial charge in [-0.05, 0) is 37.0 Å². The van der Waals surface area contributed by atoms with Gasteiger partial charge in [0.15, 0.2) is 9.84 Å². The zero-order chi connectivity index (χ0) is 9.47. The first-order chi connectivity index (χ1) is 6.11. The van der Waals surface area contributed by atoms with E-state index < -0.39 is 9.84 Å². The maximum atomic E-state index is 11.3. The number of rotatable bonds is 3. The van der Waals surface area contributed by atoms with Gasteiger partial charge in [0.1, 0.15) is 0 Å². The second kappa shape index (κ2) is 3.12. The van der Waals surface area contributed by atoms with E-state index in [1.807, 2.05) is 0 Å². The van der Waals surface area contributed by atoms with E-state index in [0.717, 1.165) is 17.7 Å². The van der Waals surface area contributed by atoms with Crippen molar-refractivity contribution in [3.63, 3.8) is 0 Å². The molecule has 0 aliphatic heterocycles. The van der Waals surface area contributed by atoms with Crippen molar-refractivity contribution in [2.24, 2.45) is 17.8 Å². The quantitative estimate of drug-likeness (QED) is 0.698. The maximum Gasteiger partial charge on any atom is 0.171 e. The summed E-state index contributed by atoms with van der Waals surface area (Å²) in [7, 11) is -2.96. The standard InChI is InChI=1S/C10H16O2S/c1-2-13(11,12)7-10-6-8-3-4-9(10)5-8/h2,8-10H,1,3-7H2. The monoisotopic (exact) mass is 200 g/mol. The van der Waals surface area contributed by atoms with Crippen molar-refractivity contribution in [1.29, 1.82) is 0 Å². The third-order valence-corrected chi connectivity index (χ3v) is 4.99. The molecular formula is C10H16O2S. The zero-order valence-electron chi connectivity index (χ0n) is 7.78. The molecular weight excluding hydrogens is 184 g/mol. The Morgan fingerprint density at radius 2 is 2.08 bits per heavy atom. The molecule has 2 saturated carbocycles. The molecule has 2 aliphatic rings. The summed E-state index contributed by atoms with van der Waals surface area (Å²) in [6, 6.07) is 0. The van der Waals surface area contributed by atoms with Crippen molar-refractivity contribution in [2.45, 2.75) is 25.7 Å². The largest absolute Gasteiger partial charge is 0.224 e. The Bertz CT molecular complexity index is 305. The molecule has 3 unspecified atom stereocenters. The van der Waals surface area contributed by atoms with Crippen molar-refractivity contribution < 1.29 is 8.42 Å². The van der Waals surface area contributed by atoms with E-state index in [9.17, 15) is 8.42 Å². The highest BCUT2D eigenvalue weighted by molar-refractivity contribution is 7.94. The van der Waals surface area contributed by atoms with E-state index in [1.165, 1.54) is 19.3 Å². The number of hydrogen-bond acceptors (Lipinski definition) is 2. The van der Waals surface area contributed by atoms with Crippen LogP contribution in [0.2, 0.25) is 0 Å². The Hall–Kier alpha value is -0.310. The minimum Gasteiger partial charge on any atom is -0.224 e. The molecule has 0 heterocycles. The summed E-state index contributed by atoms with van der Waals surface area (Å²) in [6.07, 6.45) is 4.99. The Morgan fingerprint density at radius 1 is 1.31 bits per heavy atom. The van der Waals surface area contributed by atoms with Gasteiger partial charge in [0.2, 0.25) is 0 Å². The molecule has 74 valence electrons. The van der Waals surface area contributed by atoms with Crippen molar-refractivity contribution >= 4 is 9.84 Å². The molecule has 0 amide bonds. The molecule has 13 heavy (non-hydrogen) atoms. The van der Waals surface area contributed by atoms with Gasteiger partial charge in [-0.2, -0.15) is 0 Å². The normalized spacial score (nSPS) is 38.0. The first kappa shape index (κ1) is 9.25. The first-order valence-electron chi connectivity index (χ1n) is 4.96.